The standard InChI is InChI=1S/C12H19BrN4O/c1-4-14-10-9(13)11(16-6-15-10)17-7-5-8(18)12(7,2)3/h6-8,18H,4-5H2,1-3H3,(H2,14,15,16,17). The van der Waals surface area contributed by atoms with Crippen LogP contribution in [0.1, 0.15) is 27.2 Å². The summed E-state index contributed by atoms with van der Waals surface area (Å²) in [5.74, 6) is 1.55. The SMILES string of the molecule is CCNc1ncnc(NC2CC(O)C2(C)C)c1Br. The third-order valence-corrected chi connectivity index (χ3v) is 4.41. The van der Waals surface area contributed by atoms with E-state index >= 15 is 0 Å². The molecule has 2 rings (SSSR count). The number of aliphatic hydroxyl groups is 1. The molecule has 0 spiro atoms. The molecule has 3 N–H and O–H groups in total. The van der Waals surface area contributed by atoms with Crippen LogP contribution in [0.5, 0.6) is 0 Å². The van der Waals surface area contributed by atoms with Gasteiger partial charge < -0.3 is 15.7 Å². The average molecular weight is 315 g/mol. The van der Waals surface area contributed by atoms with Gasteiger partial charge in [-0.05, 0) is 29.3 Å². The first kappa shape index (κ1) is 13.5. The summed E-state index contributed by atoms with van der Waals surface area (Å²) < 4.78 is 0.837. The van der Waals surface area contributed by atoms with E-state index in [0.717, 1.165) is 29.1 Å². The first-order valence-corrected chi connectivity index (χ1v) is 6.95. The van der Waals surface area contributed by atoms with Gasteiger partial charge in [0.2, 0.25) is 0 Å². The first-order chi connectivity index (χ1) is 8.46. The van der Waals surface area contributed by atoms with Gasteiger partial charge in [-0.2, -0.15) is 0 Å². The maximum Gasteiger partial charge on any atom is 0.146 e. The molecule has 1 aliphatic carbocycles. The first-order valence-electron chi connectivity index (χ1n) is 6.15. The summed E-state index contributed by atoms with van der Waals surface area (Å²) in [6.45, 7) is 6.94. The molecule has 1 aromatic rings. The number of nitrogens with zero attached hydrogens (tertiary/aromatic N) is 2. The molecule has 1 fully saturated rings. The molecule has 0 saturated heterocycles. The van der Waals surface area contributed by atoms with Crippen LogP contribution in [-0.2, 0) is 0 Å². The highest BCUT2D eigenvalue weighted by Gasteiger charge is 2.47. The molecule has 18 heavy (non-hydrogen) atoms. The summed E-state index contributed by atoms with van der Waals surface area (Å²) in [6.07, 6.45) is 2.04. The maximum atomic E-state index is 9.74. The van der Waals surface area contributed by atoms with Gasteiger partial charge in [0.25, 0.3) is 0 Å². The van der Waals surface area contributed by atoms with E-state index in [-0.39, 0.29) is 17.6 Å². The zero-order valence-electron chi connectivity index (χ0n) is 10.9. The van der Waals surface area contributed by atoms with E-state index in [1.54, 1.807) is 0 Å². The van der Waals surface area contributed by atoms with Crippen molar-refractivity contribution in [1.82, 2.24) is 9.97 Å². The number of hydrogen-bond donors (Lipinski definition) is 3. The van der Waals surface area contributed by atoms with Crippen LogP contribution in [0.4, 0.5) is 11.6 Å². The monoisotopic (exact) mass is 314 g/mol. The second-order valence-electron chi connectivity index (χ2n) is 5.18. The van der Waals surface area contributed by atoms with E-state index in [1.165, 1.54) is 6.33 Å². The highest BCUT2D eigenvalue weighted by molar-refractivity contribution is 9.10. The molecule has 100 valence electrons. The lowest BCUT2D eigenvalue weighted by molar-refractivity contribution is -0.0511. The van der Waals surface area contributed by atoms with Crippen molar-refractivity contribution in [2.24, 2.45) is 5.41 Å². The number of aromatic nitrogens is 2. The minimum absolute atomic E-state index is 0.122. The summed E-state index contributed by atoms with van der Waals surface area (Å²) in [7, 11) is 0. The Balaban J connectivity index is 2.13. The molecule has 0 aromatic carbocycles. The van der Waals surface area contributed by atoms with Crippen molar-refractivity contribution in [3.05, 3.63) is 10.8 Å². The summed E-state index contributed by atoms with van der Waals surface area (Å²) in [5.41, 5.74) is -0.122. The number of aliphatic hydroxyl groups excluding tert-OH is 1. The number of anilines is 2. The van der Waals surface area contributed by atoms with Gasteiger partial charge in [-0.1, -0.05) is 13.8 Å². The summed E-state index contributed by atoms with van der Waals surface area (Å²) in [4.78, 5) is 8.42. The molecule has 0 amide bonds. The lowest BCUT2D eigenvalue weighted by Crippen LogP contribution is -2.57. The number of hydrogen-bond acceptors (Lipinski definition) is 5. The summed E-state index contributed by atoms with van der Waals surface area (Å²) in [5, 5.41) is 16.3. The summed E-state index contributed by atoms with van der Waals surface area (Å²) in [6, 6.07) is 0.230. The van der Waals surface area contributed by atoms with Crippen molar-refractivity contribution < 1.29 is 5.11 Å². The van der Waals surface area contributed by atoms with E-state index in [1.807, 2.05) is 6.92 Å². The van der Waals surface area contributed by atoms with E-state index in [2.05, 4.69) is 50.4 Å². The highest BCUT2D eigenvalue weighted by Crippen LogP contribution is 2.43. The van der Waals surface area contributed by atoms with Crippen molar-refractivity contribution >= 4 is 27.6 Å². The van der Waals surface area contributed by atoms with Crippen molar-refractivity contribution in [2.45, 2.75) is 39.3 Å². The van der Waals surface area contributed by atoms with Gasteiger partial charge in [0.15, 0.2) is 0 Å². The van der Waals surface area contributed by atoms with Crippen LogP contribution >= 0.6 is 15.9 Å². The summed E-state index contributed by atoms with van der Waals surface area (Å²) >= 11 is 3.50. The Morgan fingerprint density at radius 3 is 2.67 bits per heavy atom. The fraction of sp³-hybridized carbons (Fsp3) is 0.667. The molecule has 2 unspecified atom stereocenters. The van der Waals surface area contributed by atoms with Crippen molar-refractivity contribution in [3.8, 4) is 0 Å². The molecule has 0 aliphatic heterocycles. The second-order valence-corrected chi connectivity index (χ2v) is 5.98. The molecule has 1 aliphatic rings. The Kier molecular flexibility index (Phi) is 3.77. The topological polar surface area (TPSA) is 70.1 Å². The third kappa shape index (κ3) is 2.31. The zero-order chi connectivity index (χ0) is 13.3. The van der Waals surface area contributed by atoms with Gasteiger partial charge >= 0.3 is 0 Å². The van der Waals surface area contributed by atoms with Crippen molar-refractivity contribution in [2.75, 3.05) is 17.2 Å². The van der Waals surface area contributed by atoms with Crippen molar-refractivity contribution in [1.29, 1.82) is 0 Å². The van der Waals surface area contributed by atoms with E-state index in [0.29, 0.717) is 0 Å². The Hall–Kier alpha value is -0.880. The van der Waals surface area contributed by atoms with Gasteiger partial charge in [-0.3, -0.25) is 0 Å². The Labute approximate surface area is 116 Å². The van der Waals surface area contributed by atoms with Crippen molar-refractivity contribution in [3.63, 3.8) is 0 Å². The molecular formula is C12H19BrN4O. The molecule has 1 aromatic heterocycles. The van der Waals surface area contributed by atoms with E-state index in [4.69, 9.17) is 0 Å². The lowest BCUT2D eigenvalue weighted by Gasteiger charge is -2.49. The largest absolute Gasteiger partial charge is 0.392 e. The smallest absolute Gasteiger partial charge is 0.146 e. The van der Waals surface area contributed by atoms with Gasteiger partial charge in [-0.25, -0.2) is 9.97 Å². The molecule has 1 saturated carbocycles. The van der Waals surface area contributed by atoms with Gasteiger partial charge in [0.05, 0.1) is 6.10 Å². The molecular weight excluding hydrogens is 296 g/mol. The predicted molar refractivity (Wildman–Crippen MR) is 75.7 cm³/mol. The van der Waals surface area contributed by atoms with E-state index in [9.17, 15) is 5.11 Å². The van der Waals surface area contributed by atoms with Crippen LogP contribution in [0.2, 0.25) is 0 Å². The Morgan fingerprint density at radius 1 is 1.44 bits per heavy atom. The van der Waals surface area contributed by atoms with E-state index < -0.39 is 0 Å². The Morgan fingerprint density at radius 2 is 2.11 bits per heavy atom. The van der Waals surface area contributed by atoms with Crippen LogP contribution in [0.25, 0.3) is 0 Å². The van der Waals surface area contributed by atoms with Crippen LogP contribution < -0.4 is 10.6 Å². The average Bonchev–Trinajstić information content (AvgIpc) is 2.33. The maximum absolute atomic E-state index is 9.74. The third-order valence-electron chi connectivity index (χ3n) is 3.66. The molecule has 0 radical (unpaired) electrons. The van der Waals surface area contributed by atoms with Gasteiger partial charge in [0.1, 0.15) is 22.4 Å². The molecule has 6 heteroatoms. The molecule has 0 bridgehead atoms. The molecule has 1 heterocycles. The minimum atomic E-state index is -0.246. The fourth-order valence-corrected chi connectivity index (χ4v) is 2.53. The number of halogens is 1. The highest BCUT2D eigenvalue weighted by atomic mass is 79.9. The second kappa shape index (κ2) is 5.01. The lowest BCUT2D eigenvalue weighted by atomic mass is 9.64. The quantitative estimate of drug-likeness (QED) is 0.795. The van der Waals surface area contributed by atoms with Crippen LogP contribution in [-0.4, -0.2) is 33.8 Å². The normalized spacial score (nSPS) is 25.4. The van der Waals surface area contributed by atoms with Crippen LogP contribution in [0.3, 0.4) is 0 Å². The fourth-order valence-electron chi connectivity index (χ4n) is 2.07. The van der Waals surface area contributed by atoms with Crippen LogP contribution in [0, 0.1) is 5.41 Å². The molecule has 5 nitrogen and oxygen atoms in total. The number of nitrogens with one attached hydrogen (secondary N) is 2. The number of rotatable bonds is 4. The molecule has 2 atom stereocenters. The minimum Gasteiger partial charge on any atom is -0.392 e. The zero-order valence-corrected chi connectivity index (χ0v) is 12.5. The Bertz CT molecular complexity index is 438. The predicted octanol–water partition coefficient (Wildman–Crippen LogP) is 2.24. The van der Waals surface area contributed by atoms with Gasteiger partial charge in [0, 0.05) is 18.0 Å². The van der Waals surface area contributed by atoms with Gasteiger partial charge in [-0.15, -0.1) is 0 Å². The van der Waals surface area contributed by atoms with Crippen LogP contribution in [0.15, 0.2) is 10.8 Å².